The largest absolute Gasteiger partial charge is 0.327 e. The molecule has 0 bridgehead atoms. The fourth-order valence-electron chi connectivity index (χ4n) is 4.93. The Kier molecular flexibility index (Phi) is 3.90. The van der Waals surface area contributed by atoms with Crippen LogP contribution in [0, 0.1) is 0 Å². The minimum Gasteiger partial charge on any atom is -0.327 e. The number of fused-ring (bicyclic) bond motifs is 3. The van der Waals surface area contributed by atoms with E-state index in [1.807, 2.05) is 6.07 Å². The van der Waals surface area contributed by atoms with E-state index < -0.39 is 0 Å². The molecule has 0 N–H and O–H groups in total. The molecule has 0 fully saturated rings. The molecular weight excluding hydrogens is 380 g/mol. The summed E-state index contributed by atoms with van der Waals surface area (Å²) in [7, 11) is 4.22. The van der Waals surface area contributed by atoms with Crippen LogP contribution in [0.25, 0.3) is 50.7 Å². The summed E-state index contributed by atoms with van der Waals surface area (Å²) in [5.74, 6) is 2.43. The summed E-state index contributed by atoms with van der Waals surface area (Å²) in [6.45, 7) is 2.26. The standard InChI is InChI=1S/C27H24N4/c1-17-9-6-16-23-25(17)29-27(31(23)3)20-13-8-11-18-10-7-12-19(24(18)20)26-28-21-14-4-5-15-22(21)30(26)2/h4-8,10-17H,9H2,1-3H3. The second kappa shape index (κ2) is 6.67. The van der Waals surface area contributed by atoms with Gasteiger partial charge in [0.1, 0.15) is 11.6 Å². The molecule has 1 atom stereocenters. The van der Waals surface area contributed by atoms with E-state index in [1.165, 1.54) is 22.2 Å². The molecule has 0 saturated carbocycles. The van der Waals surface area contributed by atoms with E-state index >= 15 is 0 Å². The molecule has 5 aromatic rings. The number of aromatic nitrogens is 4. The van der Waals surface area contributed by atoms with Crippen molar-refractivity contribution in [2.45, 2.75) is 19.3 Å². The first kappa shape index (κ1) is 18.1. The van der Waals surface area contributed by atoms with Gasteiger partial charge in [-0.1, -0.05) is 61.5 Å². The van der Waals surface area contributed by atoms with Gasteiger partial charge in [0.15, 0.2) is 0 Å². The van der Waals surface area contributed by atoms with Crippen molar-refractivity contribution in [3.05, 3.63) is 78.1 Å². The Morgan fingerprint density at radius 3 is 2.23 bits per heavy atom. The summed E-state index contributed by atoms with van der Waals surface area (Å²) in [5, 5.41) is 2.40. The summed E-state index contributed by atoms with van der Waals surface area (Å²) >= 11 is 0. The number of para-hydroxylation sites is 2. The van der Waals surface area contributed by atoms with Gasteiger partial charge in [-0.3, -0.25) is 0 Å². The average Bonchev–Trinajstić information content (AvgIpc) is 3.31. The van der Waals surface area contributed by atoms with E-state index in [4.69, 9.17) is 9.97 Å². The van der Waals surface area contributed by atoms with Gasteiger partial charge >= 0.3 is 0 Å². The lowest BCUT2D eigenvalue weighted by Crippen LogP contribution is -2.01. The van der Waals surface area contributed by atoms with E-state index in [-0.39, 0.29) is 0 Å². The second-order valence-electron chi connectivity index (χ2n) is 8.50. The Labute approximate surface area is 181 Å². The Morgan fingerprint density at radius 2 is 1.52 bits per heavy atom. The fourth-order valence-corrected chi connectivity index (χ4v) is 4.93. The van der Waals surface area contributed by atoms with Gasteiger partial charge in [0.25, 0.3) is 0 Å². The minimum atomic E-state index is 0.439. The number of rotatable bonds is 2. The molecule has 2 heterocycles. The van der Waals surface area contributed by atoms with Crippen LogP contribution in [-0.4, -0.2) is 19.1 Å². The Bertz CT molecular complexity index is 1490. The third kappa shape index (κ3) is 2.61. The number of aryl methyl sites for hydroxylation is 1. The molecule has 152 valence electrons. The Morgan fingerprint density at radius 1 is 0.806 bits per heavy atom. The van der Waals surface area contributed by atoms with E-state index in [0.29, 0.717) is 5.92 Å². The van der Waals surface area contributed by atoms with Crippen LogP contribution in [0.4, 0.5) is 0 Å². The Balaban J connectivity index is 1.67. The van der Waals surface area contributed by atoms with Gasteiger partial charge in [-0.05, 0) is 30.0 Å². The van der Waals surface area contributed by atoms with Crippen LogP contribution in [0.1, 0.15) is 30.7 Å². The van der Waals surface area contributed by atoms with E-state index in [9.17, 15) is 0 Å². The van der Waals surface area contributed by atoms with Gasteiger partial charge in [-0.15, -0.1) is 0 Å². The predicted molar refractivity (Wildman–Crippen MR) is 128 cm³/mol. The third-order valence-corrected chi connectivity index (χ3v) is 6.57. The normalized spacial score (nSPS) is 15.6. The quantitative estimate of drug-likeness (QED) is 0.345. The average molecular weight is 405 g/mol. The number of nitrogens with zero attached hydrogens (tertiary/aromatic N) is 4. The zero-order valence-corrected chi connectivity index (χ0v) is 18.0. The molecule has 0 amide bonds. The predicted octanol–water partition coefficient (Wildman–Crippen LogP) is 6.31. The van der Waals surface area contributed by atoms with Crippen molar-refractivity contribution in [2.75, 3.05) is 0 Å². The first-order valence-corrected chi connectivity index (χ1v) is 10.8. The molecule has 2 aromatic heterocycles. The van der Waals surface area contributed by atoms with Crippen molar-refractivity contribution in [1.82, 2.24) is 19.1 Å². The topological polar surface area (TPSA) is 35.6 Å². The van der Waals surface area contributed by atoms with E-state index in [2.05, 4.69) is 96.9 Å². The number of hydrogen-bond donors (Lipinski definition) is 0. The van der Waals surface area contributed by atoms with Gasteiger partial charge in [0.05, 0.1) is 22.4 Å². The van der Waals surface area contributed by atoms with Gasteiger partial charge in [0, 0.05) is 36.5 Å². The SMILES string of the molecule is CC1CC=Cc2c1nc(-c1cccc3cccc(-c4nc5ccccc5n4C)c13)n2C. The van der Waals surface area contributed by atoms with Gasteiger partial charge < -0.3 is 9.13 Å². The highest BCUT2D eigenvalue weighted by Gasteiger charge is 2.23. The van der Waals surface area contributed by atoms with Crippen molar-refractivity contribution in [3.8, 4) is 22.8 Å². The molecule has 4 nitrogen and oxygen atoms in total. The molecule has 1 aliphatic carbocycles. The van der Waals surface area contributed by atoms with Crippen molar-refractivity contribution < 1.29 is 0 Å². The monoisotopic (exact) mass is 404 g/mol. The number of allylic oxidation sites excluding steroid dienone is 1. The van der Waals surface area contributed by atoms with Crippen LogP contribution >= 0.6 is 0 Å². The number of imidazole rings is 2. The highest BCUT2D eigenvalue weighted by Crippen LogP contribution is 2.39. The number of benzene rings is 3. The zero-order valence-electron chi connectivity index (χ0n) is 18.0. The van der Waals surface area contributed by atoms with E-state index in [0.717, 1.165) is 40.2 Å². The smallest absolute Gasteiger partial charge is 0.141 e. The van der Waals surface area contributed by atoms with Crippen molar-refractivity contribution in [2.24, 2.45) is 14.1 Å². The van der Waals surface area contributed by atoms with Gasteiger partial charge in [-0.2, -0.15) is 0 Å². The highest BCUT2D eigenvalue weighted by atomic mass is 15.1. The summed E-state index contributed by atoms with van der Waals surface area (Å²) in [4.78, 5) is 10.1. The maximum Gasteiger partial charge on any atom is 0.141 e. The van der Waals surface area contributed by atoms with Crippen LogP contribution < -0.4 is 0 Å². The molecule has 0 saturated heterocycles. The molecule has 0 spiro atoms. The van der Waals surface area contributed by atoms with Crippen LogP contribution in [0.15, 0.2) is 66.7 Å². The second-order valence-corrected chi connectivity index (χ2v) is 8.50. The van der Waals surface area contributed by atoms with Crippen LogP contribution in [-0.2, 0) is 14.1 Å². The molecule has 0 aliphatic heterocycles. The third-order valence-electron chi connectivity index (χ3n) is 6.57. The summed E-state index contributed by atoms with van der Waals surface area (Å²) in [6, 6.07) is 21.3. The van der Waals surface area contributed by atoms with Crippen molar-refractivity contribution in [3.63, 3.8) is 0 Å². The maximum absolute atomic E-state index is 5.14. The van der Waals surface area contributed by atoms with Crippen LogP contribution in [0.2, 0.25) is 0 Å². The van der Waals surface area contributed by atoms with Gasteiger partial charge in [-0.25, -0.2) is 9.97 Å². The lowest BCUT2D eigenvalue weighted by molar-refractivity contribution is 0.742. The molecule has 3 aromatic carbocycles. The lowest BCUT2D eigenvalue weighted by atomic mass is 9.97. The van der Waals surface area contributed by atoms with Crippen LogP contribution in [0.3, 0.4) is 0 Å². The summed E-state index contributed by atoms with van der Waals surface area (Å²) in [5.41, 5.74) is 6.84. The molecule has 0 radical (unpaired) electrons. The maximum atomic E-state index is 5.14. The van der Waals surface area contributed by atoms with E-state index in [1.54, 1.807) is 0 Å². The molecule has 6 rings (SSSR count). The number of hydrogen-bond acceptors (Lipinski definition) is 2. The minimum absolute atomic E-state index is 0.439. The molecule has 31 heavy (non-hydrogen) atoms. The highest BCUT2D eigenvalue weighted by molar-refractivity contribution is 6.05. The van der Waals surface area contributed by atoms with Crippen molar-refractivity contribution in [1.29, 1.82) is 0 Å². The molecule has 1 unspecified atom stereocenters. The van der Waals surface area contributed by atoms with Gasteiger partial charge in [0.2, 0.25) is 0 Å². The first-order valence-electron chi connectivity index (χ1n) is 10.8. The summed E-state index contributed by atoms with van der Waals surface area (Å²) in [6.07, 6.45) is 5.51. The molecular formula is C27H24N4. The molecule has 1 aliphatic rings. The first-order chi connectivity index (χ1) is 15.1. The van der Waals surface area contributed by atoms with Crippen molar-refractivity contribution >= 4 is 27.9 Å². The lowest BCUT2D eigenvalue weighted by Gasteiger charge is -2.13. The summed E-state index contributed by atoms with van der Waals surface area (Å²) < 4.78 is 4.43. The Hall–Kier alpha value is -3.66. The fraction of sp³-hybridized carbons (Fsp3) is 0.185. The zero-order chi connectivity index (χ0) is 21.1. The van der Waals surface area contributed by atoms with Crippen LogP contribution in [0.5, 0.6) is 0 Å². The molecule has 4 heteroatoms.